The van der Waals surface area contributed by atoms with Crippen LogP contribution in [-0.2, 0) is 6.54 Å². The van der Waals surface area contributed by atoms with Gasteiger partial charge in [0.05, 0.1) is 0 Å². The molecule has 0 unspecified atom stereocenters. The molecular weight excluding hydrogens is 438 g/mol. The van der Waals surface area contributed by atoms with Crippen LogP contribution in [0.3, 0.4) is 0 Å². The molecule has 0 fully saturated rings. The van der Waals surface area contributed by atoms with Gasteiger partial charge in [0.25, 0.3) is 0 Å². The molecular formula is C20H19F3IN. The zero-order valence-corrected chi connectivity index (χ0v) is 15.6. The van der Waals surface area contributed by atoms with E-state index in [4.69, 9.17) is 5.73 Å². The summed E-state index contributed by atoms with van der Waals surface area (Å²) in [6.45, 7) is -3.06. The van der Waals surface area contributed by atoms with Crippen molar-refractivity contribution in [2.24, 2.45) is 5.73 Å². The summed E-state index contributed by atoms with van der Waals surface area (Å²) in [5, 5.41) is 0. The predicted octanol–water partition coefficient (Wildman–Crippen LogP) is 5.74. The third-order valence-corrected chi connectivity index (χ3v) is 9.16. The van der Waals surface area contributed by atoms with Crippen molar-refractivity contribution in [1.82, 2.24) is 0 Å². The van der Waals surface area contributed by atoms with Gasteiger partial charge in [0.15, 0.2) is 0 Å². The first kappa shape index (κ1) is 19.5. The fourth-order valence-corrected chi connectivity index (χ4v) is 7.71. The van der Waals surface area contributed by atoms with Gasteiger partial charge < -0.3 is 0 Å². The molecule has 3 aromatic carbocycles. The van der Waals surface area contributed by atoms with Crippen LogP contribution < -0.4 is 5.73 Å². The van der Waals surface area contributed by atoms with Crippen molar-refractivity contribution in [3.63, 3.8) is 0 Å². The van der Waals surface area contributed by atoms with E-state index in [-0.39, 0.29) is 0 Å². The molecule has 0 aromatic heterocycles. The molecule has 0 aliphatic heterocycles. The van der Waals surface area contributed by atoms with Crippen molar-refractivity contribution in [2.75, 3.05) is 0 Å². The Morgan fingerprint density at radius 2 is 1.00 bits per heavy atom. The van der Waals surface area contributed by atoms with Crippen LogP contribution in [-0.4, -0.2) is 6.68 Å². The van der Waals surface area contributed by atoms with Crippen molar-refractivity contribution in [1.29, 1.82) is 0 Å². The molecule has 3 rings (SSSR count). The summed E-state index contributed by atoms with van der Waals surface area (Å²) in [6, 6.07) is 30.6. The third kappa shape index (κ3) is 6.17. The molecule has 0 amide bonds. The van der Waals surface area contributed by atoms with Crippen molar-refractivity contribution < 1.29 is 13.2 Å². The van der Waals surface area contributed by atoms with Crippen LogP contribution in [0.15, 0.2) is 84.9 Å². The van der Waals surface area contributed by atoms with Crippen LogP contribution in [0.2, 0.25) is 0 Å². The summed E-state index contributed by atoms with van der Waals surface area (Å²) in [7, 11) is 0. The minimum atomic E-state index is -3.67. The molecule has 0 spiro atoms. The first-order valence-electron chi connectivity index (χ1n) is 7.63. The van der Waals surface area contributed by atoms with Gasteiger partial charge in [0.2, 0.25) is 0 Å². The zero-order chi connectivity index (χ0) is 18.1. The average molecular weight is 457 g/mol. The predicted molar refractivity (Wildman–Crippen MR) is 104 cm³/mol. The quantitative estimate of drug-likeness (QED) is 0.497. The van der Waals surface area contributed by atoms with E-state index in [2.05, 4.69) is 84.9 Å². The van der Waals surface area contributed by atoms with Gasteiger partial charge in [0.1, 0.15) is 0 Å². The Labute approximate surface area is 153 Å². The molecule has 0 bridgehead atoms. The Balaban J connectivity index is 0.000000511. The molecule has 0 aliphatic rings. The van der Waals surface area contributed by atoms with Crippen LogP contribution in [0.5, 0.6) is 0 Å². The van der Waals surface area contributed by atoms with Gasteiger partial charge in [-0.15, -0.1) is 0 Å². The molecule has 0 saturated heterocycles. The van der Waals surface area contributed by atoms with Gasteiger partial charge in [-0.3, -0.25) is 0 Å². The van der Waals surface area contributed by atoms with Crippen LogP contribution >= 0.6 is 19.8 Å². The fourth-order valence-electron chi connectivity index (χ4n) is 2.21. The molecule has 132 valence electrons. The van der Waals surface area contributed by atoms with E-state index in [1.807, 2.05) is 0 Å². The fraction of sp³-hybridized carbons (Fsp3) is 0.100. The number of halogens is 4. The molecule has 2 N–H and O–H groups in total. The summed E-state index contributed by atoms with van der Waals surface area (Å²) in [5.41, 5.74) is 6.90. The standard InChI is InChI=1S/C19H18IN.CHF3/c21-15-16-11-13-19(14-12-16)20(17-7-3-1-4-8-17)18-9-5-2-6-10-18;2-1(3)4/h1-14H,15,21H2;1H. The van der Waals surface area contributed by atoms with Gasteiger partial charge in [-0.2, -0.15) is 13.2 Å². The number of rotatable bonds is 4. The van der Waals surface area contributed by atoms with Crippen LogP contribution in [0.4, 0.5) is 13.2 Å². The second kappa shape index (κ2) is 10.2. The van der Waals surface area contributed by atoms with Gasteiger partial charge in [0, 0.05) is 0 Å². The zero-order valence-electron chi connectivity index (χ0n) is 13.5. The van der Waals surface area contributed by atoms with Gasteiger partial charge >= 0.3 is 140 Å². The van der Waals surface area contributed by atoms with E-state index in [9.17, 15) is 13.2 Å². The SMILES string of the molecule is FC(F)F.NCc1ccc(I(c2ccccc2)c2ccccc2)cc1. The molecule has 25 heavy (non-hydrogen) atoms. The second-order valence-electron chi connectivity index (χ2n) is 4.95. The summed E-state index contributed by atoms with van der Waals surface area (Å²) >= 11 is -1.59. The van der Waals surface area contributed by atoms with E-state index in [1.165, 1.54) is 16.3 Å². The Bertz CT molecular complexity index is 692. The number of nitrogens with two attached hydrogens (primary N) is 1. The van der Waals surface area contributed by atoms with Crippen molar-refractivity contribution in [2.45, 2.75) is 13.2 Å². The number of hydrogen-bond donors (Lipinski definition) is 1. The third-order valence-electron chi connectivity index (χ3n) is 3.27. The number of alkyl halides is 3. The molecule has 3 aromatic rings. The van der Waals surface area contributed by atoms with Crippen molar-refractivity contribution >= 4 is 19.8 Å². The maximum atomic E-state index is 9.67. The van der Waals surface area contributed by atoms with Crippen molar-refractivity contribution in [3.05, 3.63) is 101 Å². The Hall–Kier alpha value is -1.86. The van der Waals surface area contributed by atoms with Gasteiger partial charge in [-0.25, -0.2) is 0 Å². The molecule has 0 atom stereocenters. The normalized spacial score (nSPS) is 10.8. The van der Waals surface area contributed by atoms with E-state index < -0.39 is 26.5 Å². The van der Waals surface area contributed by atoms with E-state index in [0.29, 0.717) is 6.54 Å². The van der Waals surface area contributed by atoms with Crippen LogP contribution in [0, 0.1) is 10.7 Å². The van der Waals surface area contributed by atoms with E-state index >= 15 is 0 Å². The number of hydrogen-bond acceptors (Lipinski definition) is 1. The van der Waals surface area contributed by atoms with Crippen molar-refractivity contribution in [3.8, 4) is 0 Å². The van der Waals surface area contributed by atoms with E-state index in [0.717, 1.165) is 0 Å². The van der Waals surface area contributed by atoms with Crippen LogP contribution in [0.25, 0.3) is 0 Å². The molecule has 0 heterocycles. The topological polar surface area (TPSA) is 26.0 Å². The summed E-state index contributed by atoms with van der Waals surface area (Å²) in [6.07, 6.45) is 0. The first-order chi connectivity index (χ1) is 12.1. The van der Waals surface area contributed by atoms with Gasteiger partial charge in [-0.05, 0) is 0 Å². The maximum absolute atomic E-state index is 9.67. The molecule has 0 saturated carbocycles. The monoisotopic (exact) mass is 457 g/mol. The van der Waals surface area contributed by atoms with E-state index in [1.54, 1.807) is 0 Å². The summed E-state index contributed by atoms with van der Waals surface area (Å²) in [5.74, 6) is 0. The molecule has 5 heteroatoms. The Morgan fingerprint density at radius 3 is 1.36 bits per heavy atom. The number of benzene rings is 3. The molecule has 1 nitrogen and oxygen atoms in total. The molecule has 0 aliphatic carbocycles. The first-order valence-corrected chi connectivity index (χ1v) is 10.9. The minimum absolute atomic E-state index is 0.602. The molecule has 0 radical (unpaired) electrons. The Kier molecular flexibility index (Phi) is 7.94. The second-order valence-corrected chi connectivity index (χ2v) is 10.3. The van der Waals surface area contributed by atoms with Crippen LogP contribution in [0.1, 0.15) is 5.56 Å². The Morgan fingerprint density at radius 1 is 0.640 bits per heavy atom. The average Bonchev–Trinajstić information content (AvgIpc) is 2.64. The van der Waals surface area contributed by atoms with Gasteiger partial charge in [-0.1, -0.05) is 0 Å². The summed E-state index contributed by atoms with van der Waals surface area (Å²) < 4.78 is 33.4. The summed E-state index contributed by atoms with van der Waals surface area (Å²) in [4.78, 5) is 0.